The van der Waals surface area contributed by atoms with E-state index >= 15 is 0 Å². The molecular weight excluding hydrogens is 431 g/mol. The number of carbonyl (C=O) groups excluding carboxylic acids is 1. The topological polar surface area (TPSA) is 75.6 Å². The third-order valence-electron chi connectivity index (χ3n) is 4.07. The second-order valence-corrected chi connectivity index (χ2v) is 6.00. The first-order valence-electron chi connectivity index (χ1n) is 8.82. The third-order valence-corrected chi connectivity index (χ3v) is 4.07. The van der Waals surface area contributed by atoms with Crippen LogP contribution in [0.2, 0.25) is 0 Å². The fourth-order valence-electron chi connectivity index (χ4n) is 2.77. The Morgan fingerprint density at radius 1 is 1.28 bits per heavy atom. The number of esters is 1. The zero-order chi connectivity index (χ0) is 17.0. The first-order chi connectivity index (χ1) is 11.8. The van der Waals surface area contributed by atoms with Crippen molar-refractivity contribution >= 4 is 35.9 Å². The van der Waals surface area contributed by atoms with Crippen LogP contribution in [0.25, 0.3) is 0 Å². The Kier molecular flexibility index (Phi) is 11.2. The van der Waals surface area contributed by atoms with Gasteiger partial charge in [-0.25, -0.2) is 0 Å². The number of nitrogens with one attached hydrogen (secondary N) is 2. The van der Waals surface area contributed by atoms with Crippen molar-refractivity contribution in [2.45, 2.75) is 51.0 Å². The van der Waals surface area contributed by atoms with Gasteiger partial charge < -0.3 is 15.4 Å². The van der Waals surface area contributed by atoms with Gasteiger partial charge in [-0.3, -0.25) is 14.8 Å². The number of aliphatic imine (C=N–C) groups is 1. The molecule has 0 radical (unpaired) electrons. The zero-order valence-electron chi connectivity index (χ0n) is 14.9. The lowest BCUT2D eigenvalue weighted by molar-refractivity contribution is -0.148. The lowest BCUT2D eigenvalue weighted by atomic mass is 10.3. The van der Waals surface area contributed by atoms with Gasteiger partial charge in [-0.2, -0.15) is 0 Å². The molecule has 0 aliphatic heterocycles. The van der Waals surface area contributed by atoms with E-state index in [1.807, 2.05) is 18.2 Å². The molecule has 0 bridgehead atoms. The normalized spacial score (nSPS) is 14.7. The number of halogens is 1. The zero-order valence-corrected chi connectivity index (χ0v) is 17.2. The second-order valence-electron chi connectivity index (χ2n) is 6.00. The molecule has 1 aliphatic rings. The molecule has 0 unspecified atom stereocenters. The lowest BCUT2D eigenvalue weighted by Gasteiger charge is -2.13. The van der Waals surface area contributed by atoms with Gasteiger partial charge in [0.15, 0.2) is 5.96 Å². The maximum absolute atomic E-state index is 11.7. The molecule has 1 aromatic heterocycles. The van der Waals surface area contributed by atoms with Crippen molar-refractivity contribution in [2.75, 3.05) is 20.1 Å². The van der Waals surface area contributed by atoms with Crippen LogP contribution in [0.3, 0.4) is 0 Å². The van der Waals surface area contributed by atoms with Crippen molar-refractivity contribution in [2.24, 2.45) is 4.99 Å². The van der Waals surface area contributed by atoms with Crippen LogP contribution in [-0.4, -0.2) is 43.2 Å². The second kappa shape index (κ2) is 12.9. The number of aromatic nitrogens is 1. The minimum absolute atomic E-state index is 0. The van der Waals surface area contributed by atoms with Crippen molar-refractivity contribution in [3.8, 4) is 0 Å². The van der Waals surface area contributed by atoms with E-state index < -0.39 is 0 Å². The molecule has 140 valence electrons. The summed E-state index contributed by atoms with van der Waals surface area (Å²) in [7, 11) is 1.74. The summed E-state index contributed by atoms with van der Waals surface area (Å²) in [5.41, 5.74) is 1.05. The van der Waals surface area contributed by atoms with Gasteiger partial charge in [0.25, 0.3) is 0 Å². The quantitative estimate of drug-likeness (QED) is 0.205. The molecule has 0 saturated heterocycles. The predicted molar refractivity (Wildman–Crippen MR) is 110 cm³/mol. The highest BCUT2D eigenvalue weighted by atomic mass is 127. The van der Waals surface area contributed by atoms with Crippen LogP contribution in [0.4, 0.5) is 0 Å². The van der Waals surface area contributed by atoms with Crippen LogP contribution < -0.4 is 10.6 Å². The largest absolute Gasteiger partial charge is 0.462 e. The van der Waals surface area contributed by atoms with Crippen LogP contribution in [0, 0.1) is 0 Å². The highest BCUT2D eigenvalue weighted by Gasteiger charge is 2.18. The Morgan fingerprint density at radius 2 is 2.04 bits per heavy atom. The highest BCUT2D eigenvalue weighted by molar-refractivity contribution is 14.0. The predicted octanol–water partition coefficient (Wildman–Crippen LogP) is 2.67. The van der Waals surface area contributed by atoms with Gasteiger partial charge in [-0.15, -0.1) is 24.0 Å². The van der Waals surface area contributed by atoms with E-state index in [0.29, 0.717) is 13.0 Å². The van der Waals surface area contributed by atoms with Crippen LogP contribution >= 0.6 is 24.0 Å². The van der Waals surface area contributed by atoms with Crippen molar-refractivity contribution in [3.63, 3.8) is 0 Å². The first kappa shape index (κ1) is 21.7. The average molecular weight is 460 g/mol. The molecular formula is C18H29IN4O2. The molecule has 7 heteroatoms. The third kappa shape index (κ3) is 9.04. The van der Waals surface area contributed by atoms with Crippen LogP contribution in [0.5, 0.6) is 0 Å². The number of rotatable bonds is 8. The van der Waals surface area contributed by atoms with Crippen molar-refractivity contribution in [1.29, 1.82) is 0 Å². The van der Waals surface area contributed by atoms with Gasteiger partial charge in [0.05, 0.1) is 0 Å². The molecule has 0 spiro atoms. The molecule has 1 fully saturated rings. The molecule has 0 amide bonds. The highest BCUT2D eigenvalue weighted by Crippen LogP contribution is 2.21. The fraction of sp³-hybridized carbons (Fsp3) is 0.611. The maximum atomic E-state index is 11.7. The summed E-state index contributed by atoms with van der Waals surface area (Å²) in [4.78, 5) is 20.2. The summed E-state index contributed by atoms with van der Waals surface area (Å²) < 4.78 is 5.44. The standard InChI is InChI=1S/C18H28N4O2.HI/c1-19-18(22-14-11-15-7-4-5-12-20-15)21-13-6-10-17(23)24-16-8-2-3-9-16;/h4-5,7,12,16H,2-3,6,8-11,13-14H2,1H3,(H2,19,21,22);1H. The van der Waals surface area contributed by atoms with Crippen molar-refractivity contribution in [3.05, 3.63) is 30.1 Å². The van der Waals surface area contributed by atoms with E-state index in [1.165, 1.54) is 12.8 Å². The van der Waals surface area contributed by atoms with Gasteiger partial charge in [0.2, 0.25) is 0 Å². The number of guanidine groups is 1. The van der Waals surface area contributed by atoms with E-state index in [0.717, 1.165) is 43.9 Å². The molecule has 2 N–H and O–H groups in total. The van der Waals surface area contributed by atoms with Crippen molar-refractivity contribution < 1.29 is 9.53 Å². The van der Waals surface area contributed by atoms with Crippen LogP contribution in [-0.2, 0) is 16.0 Å². The van der Waals surface area contributed by atoms with Gasteiger partial charge in [0, 0.05) is 44.9 Å². The van der Waals surface area contributed by atoms with Gasteiger partial charge in [-0.05, 0) is 44.2 Å². The summed E-state index contributed by atoms with van der Waals surface area (Å²) in [5.74, 6) is 0.664. The van der Waals surface area contributed by atoms with Crippen molar-refractivity contribution in [1.82, 2.24) is 15.6 Å². The Balaban J connectivity index is 0.00000312. The Bertz CT molecular complexity index is 519. The van der Waals surface area contributed by atoms with E-state index in [9.17, 15) is 4.79 Å². The number of pyridine rings is 1. The molecule has 2 rings (SSSR count). The van der Waals surface area contributed by atoms with Gasteiger partial charge in [0.1, 0.15) is 6.10 Å². The average Bonchev–Trinajstić information content (AvgIpc) is 3.11. The van der Waals surface area contributed by atoms with Gasteiger partial charge in [-0.1, -0.05) is 6.07 Å². The monoisotopic (exact) mass is 460 g/mol. The molecule has 25 heavy (non-hydrogen) atoms. The molecule has 1 aliphatic carbocycles. The van der Waals surface area contributed by atoms with Crippen LogP contribution in [0.1, 0.15) is 44.2 Å². The Labute approximate surface area is 167 Å². The minimum atomic E-state index is -0.0817. The smallest absolute Gasteiger partial charge is 0.306 e. The fourth-order valence-corrected chi connectivity index (χ4v) is 2.77. The van der Waals surface area contributed by atoms with E-state index in [1.54, 1.807) is 13.2 Å². The van der Waals surface area contributed by atoms with E-state index in [2.05, 4.69) is 20.6 Å². The molecule has 1 saturated carbocycles. The SMILES string of the molecule is CN=C(NCCCC(=O)OC1CCCC1)NCCc1ccccn1.I. The number of ether oxygens (including phenoxy) is 1. The van der Waals surface area contributed by atoms with Gasteiger partial charge >= 0.3 is 5.97 Å². The number of nitrogens with zero attached hydrogens (tertiary/aromatic N) is 2. The van der Waals surface area contributed by atoms with Crippen LogP contribution in [0.15, 0.2) is 29.4 Å². The first-order valence-corrected chi connectivity index (χ1v) is 8.82. The summed E-state index contributed by atoms with van der Waals surface area (Å²) >= 11 is 0. The molecule has 0 atom stereocenters. The molecule has 1 heterocycles. The summed E-state index contributed by atoms with van der Waals surface area (Å²) in [5, 5.41) is 6.46. The lowest BCUT2D eigenvalue weighted by Crippen LogP contribution is -2.39. The summed E-state index contributed by atoms with van der Waals surface area (Å²) in [6.07, 6.45) is 8.41. The van der Waals surface area contributed by atoms with E-state index in [4.69, 9.17) is 4.74 Å². The Morgan fingerprint density at radius 3 is 2.72 bits per heavy atom. The van der Waals surface area contributed by atoms with E-state index in [-0.39, 0.29) is 36.0 Å². The summed E-state index contributed by atoms with van der Waals surface area (Å²) in [6.45, 7) is 1.46. The minimum Gasteiger partial charge on any atom is -0.462 e. The molecule has 6 nitrogen and oxygen atoms in total. The summed E-state index contributed by atoms with van der Waals surface area (Å²) in [6, 6.07) is 5.91. The number of carbonyl (C=O) groups is 1. The number of hydrogen-bond acceptors (Lipinski definition) is 4. The number of hydrogen-bond donors (Lipinski definition) is 2. The molecule has 1 aromatic rings. The maximum Gasteiger partial charge on any atom is 0.306 e. The Hall–Kier alpha value is -1.38. The molecule has 0 aromatic carbocycles.